The van der Waals surface area contributed by atoms with Crippen molar-refractivity contribution in [3.63, 3.8) is 0 Å². The van der Waals surface area contributed by atoms with Crippen LogP contribution in [0, 0.1) is 0 Å². The van der Waals surface area contributed by atoms with E-state index >= 15 is 0 Å². The van der Waals surface area contributed by atoms with Gasteiger partial charge in [0.1, 0.15) is 0 Å². The maximum Gasteiger partial charge on any atom is 0.0923 e. The van der Waals surface area contributed by atoms with E-state index in [0.717, 1.165) is 17.3 Å². The van der Waals surface area contributed by atoms with Gasteiger partial charge in [-0.1, -0.05) is 19.8 Å². The summed E-state index contributed by atoms with van der Waals surface area (Å²) in [6.07, 6.45) is 7.28. The molecule has 0 aliphatic carbocycles. The highest BCUT2D eigenvalue weighted by molar-refractivity contribution is 4.96. The quantitative estimate of drug-likeness (QED) is 0.534. The Kier molecular flexibility index (Phi) is 5.67. The average molecular weight is 284 g/mol. The molecule has 0 atom stereocenters. The second-order valence-corrected chi connectivity index (χ2v) is 8.54. The van der Waals surface area contributed by atoms with Gasteiger partial charge in [-0.3, -0.25) is 0 Å². The smallest absolute Gasteiger partial charge is 0.0923 e. The summed E-state index contributed by atoms with van der Waals surface area (Å²) in [5.41, 5.74) is -0.489. The van der Waals surface area contributed by atoms with Crippen molar-refractivity contribution in [2.45, 2.75) is 90.3 Å². The lowest BCUT2D eigenvalue weighted by atomic mass is 9.77. The normalized spacial score (nSPS) is 24.0. The molecule has 1 aliphatic heterocycles. The molecule has 0 aromatic carbocycles. The van der Waals surface area contributed by atoms with Crippen molar-refractivity contribution in [3.8, 4) is 0 Å². The first-order chi connectivity index (χ1) is 9.03. The minimum atomic E-state index is -0.245. The molecule has 3 heteroatoms. The van der Waals surface area contributed by atoms with Crippen LogP contribution >= 0.6 is 0 Å². The SMILES string of the molecule is CCCCCC[N+](C)(C)C1CC(C)(C)N([O])C(C)(C)C1. The van der Waals surface area contributed by atoms with E-state index in [1.54, 1.807) is 0 Å². The minimum Gasteiger partial charge on any atom is -0.326 e. The molecule has 1 radical (unpaired) electrons. The summed E-state index contributed by atoms with van der Waals surface area (Å²) in [6.45, 7) is 11.9. The highest BCUT2D eigenvalue weighted by Gasteiger charge is 2.50. The number of hydrogen-bond acceptors (Lipinski definition) is 1. The standard InChI is InChI=1S/C17H36N2O/c1-8-9-10-11-12-19(6,7)15-13-16(2,3)18(20)17(4,5)14-15/h15H,8-14H2,1-7H3/q+1. The maximum atomic E-state index is 12.5. The predicted octanol–water partition coefficient (Wildman–Crippen LogP) is 4.01. The molecule has 1 aliphatic rings. The van der Waals surface area contributed by atoms with Crippen LogP contribution in [0.5, 0.6) is 0 Å². The molecule has 1 rings (SSSR count). The van der Waals surface area contributed by atoms with Crippen molar-refractivity contribution >= 4 is 0 Å². The third-order valence-electron chi connectivity index (χ3n) is 5.15. The highest BCUT2D eigenvalue weighted by Crippen LogP contribution is 2.40. The van der Waals surface area contributed by atoms with Crippen LogP contribution in [0.15, 0.2) is 0 Å². The molecule has 0 aromatic heterocycles. The van der Waals surface area contributed by atoms with E-state index in [2.05, 4.69) is 48.7 Å². The van der Waals surface area contributed by atoms with Gasteiger partial charge in [-0.05, 0) is 40.5 Å². The average Bonchev–Trinajstić information content (AvgIpc) is 2.31. The summed E-state index contributed by atoms with van der Waals surface area (Å²) in [6, 6.07) is 0.590. The molecule has 0 spiro atoms. The first kappa shape index (κ1) is 17.9. The van der Waals surface area contributed by atoms with Crippen LogP contribution in [0.3, 0.4) is 0 Å². The zero-order valence-electron chi connectivity index (χ0n) is 14.8. The summed E-state index contributed by atoms with van der Waals surface area (Å²) in [7, 11) is 4.70. The van der Waals surface area contributed by atoms with Crippen LogP contribution in [0.4, 0.5) is 0 Å². The van der Waals surface area contributed by atoms with E-state index in [1.165, 1.54) is 37.3 Å². The lowest BCUT2D eigenvalue weighted by Gasteiger charge is -2.53. The number of rotatable bonds is 6. The molecule has 0 N–H and O–H groups in total. The molecule has 1 saturated heterocycles. The van der Waals surface area contributed by atoms with E-state index in [-0.39, 0.29) is 11.1 Å². The molecular weight excluding hydrogens is 248 g/mol. The molecular formula is C17H36N2O+. The van der Waals surface area contributed by atoms with Gasteiger partial charge in [-0.25, -0.2) is 0 Å². The lowest BCUT2D eigenvalue weighted by molar-refractivity contribution is -0.918. The van der Waals surface area contributed by atoms with Crippen LogP contribution in [0.2, 0.25) is 0 Å². The Labute approximate surface area is 126 Å². The van der Waals surface area contributed by atoms with Crippen molar-refractivity contribution in [1.82, 2.24) is 5.06 Å². The number of hydroxylamine groups is 2. The summed E-state index contributed by atoms with van der Waals surface area (Å²) in [5.74, 6) is 0. The molecule has 0 unspecified atom stereocenters. The van der Waals surface area contributed by atoms with Gasteiger partial charge in [0.2, 0.25) is 0 Å². The van der Waals surface area contributed by atoms with Gasteiger partial charge in [0.15, 0.2) is 0 Å². The van der Waals surface area contributed by atoms with Gasteiger partial charge < -0.3 is 4.48 Å². The third kappa shape index (κ3) is 4.19. The maximum absolute atomic E-state index is 12.5. The van der Waals surface area contributed by atoms with Crippen LogP contribution < -0.4 is 0 Å². The number of piperidine rings is 1. The predicted molar refractivity (Wildman–Crippen MR) is 84.8 cm³/mol. The largest absolute Gasteiger partial charge is 0.326 e. The summed E-state index contributed by atoms with van der Waals surface area (Å²) < 4.78 is 1.06. The lowest BCUT2D eigenvalue weighted by Crippen LogP contribution is -2.65. The molecule has 1 heterocycles. The number of unbranched alkanes of at least 4 members (excludes halogenated alkanes) is 3. The molecule has 119 valence electrons. The zero-order valence-corrected chi connectivity index (χ0v) is 14.8. The van der Waals surface area contributed by atoms with Crippen molar-refractivity contribution in [2.24, 2.45) is 0 Å². The number of quaternary nitrogens is 1. The summed E-state index contributed by atoms with van der Waals surface area (Å²) in [4.78, 5) is 0. The Morgan fingerprint density at radius 3 is 1.95 bits per heavy atom. The van der Waals surface area contributed by atoms with Crippen molar-refractivity contribution in [3.05, 3.63) is 0 Å². The Balaban J connectivity index is 2.70. The fourth-order valence-electron chi connectivity index (χ4n) is 3.83. The Bertz CT molecular complexity index is 292. The Morgan fingerprint density at radius 2 is 1.50 bits per heavy atom. The molecule has 0 amide bonds. The van der Waals surface area contributed by atoms with Crippen LogP contribution in [-0.4, -0.2) is 47.3 Å². The second-order valence-electron chi connectivity index (χ2n) is 8.54. The highest BCUT2D eigenvalue weighted by atomic mass is 16.5. The number of nitrogens with zero attached hydrogens (tertiary/aromatic N) is 2. The molecule has 1 fully saturated rings. The van der Waals surface area contributed by atoms with Crippen LogP contribution in [0.25, 0.3) is 0 Å². The first-order valence-corrected chi connectivity index (χ1v) is 8.33. The molecule has 20 heavy (non-hydrogen) atoms. The molecule has 0 saturated carbocycles. The van der Waals surface area contributed by atoms with E-state index in [0.29, 0.717) is 6.04 Å². The molecule has 0 bridgehead atoms. The fraction of sp³-hybridized carbons (Fsp3) is 1.00. The van der Waals surface area contributed by atoms with Gasteiger partial charge in [-0.15, -0.1) is 10.3 Å². The van der Waals surface area contributed by atoms with Gasteiger partial charge in [-0.2, -0.15) is 0 Å². The minimum absolute atomic E-state index is 0.245. The topological polar surface area (TPSA) is 23.1 Å². The van der Waals surface area contributed by atoms with E-state index < -0.39 is 0 Å². The second kappa shape index (κ2) is 6.33. The van der Waals surface area contributed by atoms with E-state index in [4.69, 9.17) is 0 Å². The van der Waals surface area contributed by atoms with Crippen molar-refractivity contribution < 1.29 is 9.69 Å². The monoisotopic (exact) mass is 284 g/mol. The van der Waals surface area contributed by atoms with Gasteiger partial charge >= 0.3 is 0 Å². The number of hydrogen-bond donors (Lipinski definition) is 0. The Hall–Kier alpha value is -0.120. The van der Waals surface area contributed by atoms with Crippen molar-refractivity contribution in [1.29, 1.82) is 0 Å². The third-order valence-corrected chi connectivity index (χ3v) is 5.15. The van der Waals surface area contributed by atoms with Gasteiger partial charge in [0.05, 0.1) is 26.7 Å². The first-order valence-electron chi connectivity index (χ1n) is 8.33. The summed E-state index contributed by atoms with van der Waals surface area (Å²) in [5, 5.41) is 13.8. The summed E-state index contributed by atoms with van der Waals surface area (Å²) >= 11 is 0. The molecule has 0 aromatic rings. The van der Waals surface area contributed by atoms with E-state index in [9.17, 15) is 5.21 Å². The molecule has 3 nitrogen and oxygen atoms in total. The fourth-order valence-corrected chi connectivity index (χ4v) is 3.83. The van der Waals surface area contributed by atoms with Gasteiger partial charge in [0, 0.05) is 23.9 Å². The van der Waals surface area contributed by atoms with Crippen LogP contribution in [0.1, 0.15) is 73.1 Å². The van der Waals surface area contributed by atoms with Gasteiger partial charge in [0.25, 0.3) is 0 Å². The van der Waals surface area contributed by atoms with Crippen molar-refractivity contribution in [2.75, 3.05) is 20.6 Å². The van der Waals surface area contributed by atoms with Crippen LogP contribution in [-0.2, 0) is 5.21 Å². The Morgan fingerprint density at radius 1 is 1.00 bits per heavy atom. The zero-order chi connectivity index (χ0) is 15.6. The van der Waals surface area contributed by atoms with E-state index in [1.807, 2.05) is 0 Å².